The predicted octanol–water partition coefficient (Wildman–Crippen LogP) is 3.27. The van der Waals surface area contributed by atoms with Gasteiger partial charge in [0.2, 0.25) is 5.91 Å². The molecule has 0 spiro atoms. The van der Waals surface area contributed by atoms with Crippen molar-refractivity contribution in [2.75, 3.05) is 7.05 Å². The minimum Gasteiger partial charge on any atom is -0.345 e. The highest BCUT2D eigenvalue weighted by atomic mass is 32.1. The molecule has 1 fully saturated rings. The highest BCUT2D eigenvalue weighted by Gasteiger charge is 2.46. The second-order valence-electron chi connectivity index (χ2n) is 6.29. The first-order valence-electron chi connectivity index (χ1n) is 7.72. The van der Waals surface area contributed by atoms with Gasteiger partial charge in [-0.05, 0) is 30.7 Å². The molecule has 2 aromatic rings. The summed E-state index contributed by atoms with van der Waals surface area (Å²) in [5.74, 6) is -0.650. The number of rotatable bonds is 2. The molecule has 2 atom stereocenters. The normalized spacial score (nSPS) is 23.3. The monoisotopic (exact) mass is 356 g/mol. The first kappa shape index (κ1) is 17.1. The number of hydrogen-bond acceptors (Lipinski definition) is 4. The van der Waals surface area contributed by atoms with E-state index < -0.39 is 11.5 Å². The molecule has 2 heterocycles. The number of nitriles is 1. The third-order valence-electron chi connectivity index (χ3n) is 4.78. The standard InChI is InChI=1S/C18H17FN4OS/c1-10-16(24)23(3)17(21)22-18(10,2)14-8-13(15(19)25-14)12-6-4-5-11(7-12)9-20/h4-8,10H,1-3H3,(H2,21,22)/t10-,18-/m0/s1. The molecular formula is C18H17FN4OS. The molecule has 5 nitrogen and oxygen atoms in total. The average Bonchev–Trinajstić information content (AvgIpc) is 3.01. The van der Waals surface area contributed by atoms with E-state index in [1.165, 1.54) is 4.90 Å². The Morgan fingerprint density at radius 1 is 1.44 bits per heavy atom. The number of hydrogen-bond donors (Lipinski definition) is 2. The van der Waals surface area contributed by atoms with Gasteiger partial charge in [0.15, 0.2) is 11.1 Å². The van der Waals surface area contributed by atoms with Gasteiger partial charge in [0.1, 0.15) is 0 Å². The van der Waals surface area contributed by atoms with Crippen LogP contribution in [0.3, 0.4) is 0 Å². The van der Waals surface area contributed by atoms with Gasteiger partial charge in [-0.3, -0.25) is 15.1 Å². The van der Waals surface area contributed by atoms with Crippen LogP contribution in [-0.2, 0) is 10.3 Å². The molecule has 1 amide bonds. The number of guanidine groups is 1. The third kappa shape index (κ3) is 2.68. The number of carbonyl (C=O) groups excluding carboxylic acids is 1. The second kappa shape index (κ2) is 5.97. The maximum absolute atomic E-state index is 14.6. The lowest BCUT2D eigenvalue weighted by atomic mass is 9.82. The van der Waals surface area contributed by atoms with Gasteiger partial charge in [0.05, 0.1) is 23.1 Å². The summed E-state index contributed by atoms with van der Waals surface area (Å²) in [7, 11) is 1.54. The van der Waals surface area contributed by atoms with E-state index in [9.17, 15) is 9.18 Å². The zero-order chi connectivity index (χ0) is 18.4. The molecule has 128 valence electrons. The summed E-state index contributed by atoms with van der Waals surface area (Å²) in [6.45, 7) is 3.57. The van der Waals surface area contributed by atoms with Crippen LogP contribution in [0.25, 0.3) is 11.1 Å². The van der Waals surface area contributed by atoms with Crippen LogP contribution >= 0.6 is 11.3 Å². The van der Waals surface area contributed by atoms with Crippen molar-refractivity contribution in [3.8, 4) is 17.2 Å². The van der Waals surface area contributed by atoms with Crippen LogP contribution in [-0.4, -0.2) is 23.8 Å². The molecule has 2 N–H and O–H groups in total. The molecule has 1 aromatic heterocycles. The van der Waals surface area contributed by atoms with Gasteiger partial charge in [-0.1, -0.05) is 19.1 Å². The average molecular weight is 356 g/mol. The highest BCUT2D eigenvalue weighted by molar-refractivity contribution is 7.11. The van der Waals surface area contributed by atoms with Crippen molar-refractivity contribution >= 4 is 23.2 Å². The molecule has 3 rings (SSSR count). The summed E-state index contributed by atoms with van der Waals surface area (Å²) in [6.07, 6.45) is 0. The number of benzene rings is 1. The van der Waals surface area contributed by atoms with Crippen molar-refractivity contribution in [2.45, 2.75) is 19.4 Å². The quantitative estimate of drug-likeness (QED) is 0.867. The Labute approximate surface area is 149 Å². The maximum Gasteiger partial charge on any atom is 0.234 e. The van der Waals surface area contributed by atoms with Gasteiger partial charge in [-0.25, -0.2) is 0 Å². The number of thiophene rings is 1. The van der Waals surface area contributed by atoms with E-state index >= 15 is 0 Å². The van der Waals surface area contributed by atoms with Crippen LogP contribution < -0.4 is 5.32 Å². The molecule has 1 aliphatic rings. The van der Waals surface area contributed by atoms with Crippen molar-refractivity contribution in [2.24, 2.45) is 5.92 Å². The van der Waals surface area contributed by atoms with Crippen molar-refractivity contribution < 1.29 is 9.18 Å². The fourth-order valence-electron chi connectivity index (χ4n) is 2.94. The number of nitrogens with zero attached hydrogens (tertiary/aromatic N) is 2. The fourth-order valence-corrected chi connectivity index (χ4v) is 4.03. The van der Waals surface area contributed by atoms with E-state index in [2.05, 4.69) is 5.32 Å². The lowest BCUT2D eigenvalue weighted by molar-refractivity contribution is -0.134. The molecule has 7 heteroatoms. The number of nitrogens with one attached hydrogen (secondary N) is 2. The van der Waals surface area contributed by atoms with E-state index in [-0.39, 0.29) is 17.0 Å². The van der Waals surface area contributed by atoms with Crippen LogP contribution in [0, 0.1) is 27.8 Å². The zero-order valence-electron chi connectivity index (χ0n) is 14.1. The van der Waals surface area contributed by atoms with Gasteiger partial charge in [0, 0.05) is 17.5 Å². The summed E-state index contributed by atoms with van der Waals surface area (Å²) in [6, 6.07) is 10.5. The topological polar surface area (TPSA) is 80.0 Å². The molecule has 1 aliphatic heterocycles. The predicted molar refractivity (Wildman–Crippen MR) is 94.6 cm³/mol. The van der Waals surface area contributed by atoms with Crippen molar-refractivity contribution in [1.29, 1.82) is 10.7 Å². The third-order valence-corrected chi connectivity index (χ3v) is 5.94. The smallest absolute Gasteiger partial charge is 0.234 e. The molecule has 0 unspecified atom stereocenters. The van der Waals surface area contributed by atoms with E-state index in [0.717, 1.165) is 11.3 Å². The lowest BCUT2D eigenvalue weighted by Gasteiger charge is -2.43. The van der Waals surface area contributed by atoms with Crippen LogP contribution in [0.1, 0.15) is 24.3 Å². The van der Waals surface area contributed by atoms with Gasteiger partial charge in [0.25, 0.3) is 0 Å². The first-order valence-corrected chi connectivity index (χ1v) is 8.54. The van der Waals surface area contributed by atoms with Crippen LogP contribution in [0.4, 0.5) is 4.39 Å². The highest BCUT2D eigenvalue weighted by Crippen LogP contribution is 2.41. The van der Waals surface area contributed by atoms with Crippen LogP contribution in [0.15, 0.2) is 30.3 Å². The van der Waals surface area contributed by atoms with E-state index in [0.29, 0.717) is 21.6 Å². The minimum atomic E-state index is -0.864. The zero-order valence-corrected chi connectivity index (χ0v) is 14.9. The molecular weight excluding hydrogens is 339 g/mol. The molecule has 0 aliphatic carbocycles. The van der Waals surface area contributed by atoms with Crippen LogP contribution in [0.2, 0.25) is 0 Å². The Balaban J connectivity index is 2.06. The number of amides is 1. The number of carbonyl (C=O) groups is 1. The first-order chi connectivity index (χ1) is 11.8. The second-order valence-corrected chi connectivity index (χ2v) is 7.29. The molecule has 1 saturated heterocycles. The fraction of sp³-hybridized carbons (Fsp3) is 0.278. The Morgan fingerprint density at radius 2 is 2.16 bits per heavy atom. The van der Waals surface area contributed by atoms with E-state index in [1.54, 1.807) is 51.2 Å². The largest absolute Gasteiger partial charge is 0.345 e. The van der Waals surface area contributed by atoms with Gasteiger partial charge in [-0.2, -0.15) is 9.65 Å². The molecule has 1 aromatic carbocycles. The van der Waals surface area contributed by atoms with Crippen molar-refractivity contribution in [3.05, 3.63) is 45.9 Å². The Hall–Kier alpha value is -2.72. The maximum atomic E-state index is 14.6. The Kier molecular flexibility index (Phi) is 4.09. The van der Waals surface area contributed by atoms with Gasteiger partial charge >= 0.3 is 0 Å². The molecule has 0 saturated carbocycles. The molecule has 0 bridgehead atoms. The van der Waals surface area contributed by atoms with Crippen molar-refractivity contribution in [1.82, 2.24) is 10.2 Å². The lowest BCUT2D eigenvalue weighted by Crippen LogP contribution is -2.62. The molecule has 0 radical (unpaired) electrons. The Bertz CT molecular complexity index is 916. The summed E-state index contributed by atoms with van der Waals surface area (Å²) < 4.78 is 14.6. The summed E-state index contributed by atoms with van der Waals surface area (Å²) in [5.41, 5.74) is 0.602. The van der Waals surface area contributed by atoms with E-state index in [1.807, 2.05) is 6.07 Å². The van der Waals surface area contributed by atoms with Gasteiger partial charge in [-0.15, -0.1) is 11.3 Å². The summed E-state index contributed by atoms with van der Waals surface area (Å²) >= 11 is 0.958. The summed E-state index contributed by atoms with van der Waals surface area (Å²) in [4.78, 5) is 14.3. The Morgan fingerprint density at radius 3 is 2.84 bits per heavy atom. The minimum absolute atomic E-state index is 0.00700. The van der Waals surface area contributed by atoms with E-state index in [4.69, 9.17) is 10.7 Å². The summed E-state index contributed by atoms with van der Waals surface area (Å²) in [5, 5.41) is 19.7. The van der Waals surface area contributed by atoms with Gasteiger partial charge < -0.3 is 5.32 Å². The van der Waals surface area contributed by atoms with Crippen molar-refractivity contribution in [3.63, 3.8) is 0 Å². The SMILES string of the molecule is C[C@H]1C(=O)N(C)C(=N)N[C@]1(C)c1cc(-c2cccc(C#N)c2)c(F)s1. The molecule has 25 heavy (non-hydrogen) atoms. The van der Waals surface area contributed by atoms with Crippen LogP contribution in [0.5, 0.6) is 0 Å². The number of halogens is 1.